The van der Waals surface area contributed by atoms with E-state index in [1.165, 1.54) is 51.4 Å². The largest absolute Gasteiger partial charge is 0.494 e. The summed E-state index contributed by atoms with van der Waals surface area (Å²) in [7, 11) is 0. The van der Waals surface area contributed by atoms with Gasteiger partial charge in [0, 0.05) is 44.1 Å². The first-order chi connectivity index (χ1) is 19.8. The number of hydroxylamine groups is 2. The molecule has 1 unspecified atom stereocenters. The number of hydrogen-bond acceptors (Lipinski definition) is 7. The maximum absolute atomic E-state index is 12.5. The van der Waals surface area contributed by atoms with Crippen molar-refractivity contribution in [2.24, 2.45) is 5.73 Å². The zero-order valence-corrected chi connectivity index (χ0v) is 24.9. The SMILES string of the molecule is CCCCCCCCCCCCNC(=O)CCCOc1cccc(NC(NC(=O)CCC(N)=O)C(=O)N(O)CC)c1. The van der Waals surface area contributed by atoms with E-state index in [1.807, 2.05) is 0 Å². The highest BCUT2D eigenvalue weighted by Gasteiger charge is 2.25. The van der Waals surface area contributed by atoms with E-state index in [4.69, 9.17) is 10.5 Å². The van der Waals surface area contributed by atoms with Gasteiger partial charge in [-0.2, -0.15) is 0 Å². The van der Waals surface area contributed by atoms with Gasteiger partial charge in [0.25, 0.3) is 5.91 Å². The summed E-state index contributed by atoms with van der Waals surface area (Å²) in [5.41, 5.74) is 5.55. The van der Waals surface area contributed by atoms with E-state index in [0.717, 1.165) is 12.8 Å². The third kappa shape index (κ3) is 17.9. The quantitative estimate of drug-likeness (QED) is 0.0531. The number of amides is 4. The fourth-order valence-electron chi connectivity index (χ4n) is 4.13. The van der Waals surface area contributed by atoms with Gasteiger partial charge in [-0.05, 0) is 31.9 Å². The van der Waals surface area contributed by atoms with Gasteiger partial charge in [-0.25, -0.2) is 5.06 Å². The lowest BCUT2D eigenvalue weighted by Crippen LogP contribution is -2.52. The highest BCUT2D eigenvalue weighted by atomic mass is 16.5. The summed E-state index contributed by atoms with van der Waals surface area (Å²) in [5.74, 6) is -1.45. The van der Waals surface area contributed by atoms with Gasteiger partial charge in [0.1, 0.15) is 5.75 Å². The molecule has 0 aliphatic carbocycles. The zero-order valence-electron chi connectivity index (χ0n) is 24.9. The number of unbranched alkanes of at least 4 members (excludes halogenated alkanes) is 9. The third-order valence-corrected chi connectivity index (χ3v) is 6.52. The molecular formula is C30H51N5O6. The normalized spacial score (nSPS) is 11.4. The molecule has 0 aliphatic heterocycles. The fraction of sp³-hybridized carbons (Fsp3) is 0.667. The lowest BCUT2D eigenvalue weighted by Gasteiger charge is -2.24. The van der Waals surface area contributed by atoms with Crippen LogP contribution >= 0.6 is 0 Å². The highest BCUT2D eigenvalue weighted by Crippen LogP contribution is 2.19. The highest BCUT2D eigenvalue weighted by molar-refractivity contribution is 5.90. The average Bonchev–Trinajstić information content (AvgIpc) is 2.96. The van der Waals surface area contributed by atoms with Crippen molar-refractivity contribution >= 4 is 29.3 Å². The molecule has 0 aromatic heterocycles. The van der Waals surface area contributed by atoms with Gasteiger partial charge in [-0.1, -0.05) is 70.8 Å². The summed E-state index contributed by atoms with van der Waals surface area (Å²) in [6, 6.07) is 6.78. The van der Waals surface area contributed by atoms with Crippen molar-refractivity contribution in [3.63, 3.8) is 0 Å². The van der Waals surface area contributed by atoms with Crippen molar-refractivity contribution in [2.45, 2.75) is 110 Å². The summed E-state index contributed by atoms with van der Waals surface area (Å²) < 4.78 is 5.76. The first-order valence-corrected chi connectivity index (χ1v) is 15.1. The molecule has 0 saturated carbocycles. The van der Waals surface area contributed by atoms with Crippen LogP contribution in [0.3, 0.4) is 0 Å². The number of anilines is 1. The zero-order chi connectivity index (χ0) is 30.3. The smallest absolute Gasteiger partial charge is 0.289 e. The summed E-state index contributed by atoms with van der Waals surface area (Å²) >= 11 is 0. The van der Waals surface area contributed by atoms with Crippen molar-refractivity contribution < 1.29 is 29.1 Å². The van der Waals surface area contributed by atoms with Crippen LogP contribution in [0.4, 0.5) is 5.69 Å². The second-order valence-corrected chi connectivity index (χ2v) is 10.2. The van der Waals surface area contributed by atoms with Gasteiger partial charge in [-0.3, -0.25) is 24.4 Å². The molecule has 0 fully saturated rings. The van der Waals surface area contributed by atoms with Crippen LogP contribution in [0.1, 0.15) is 104 Å². The van der Waals surface area contributed by atoms with Crippen LogP contribution in [0.15, 0.2) is 24.3 Å². The molecule has 0 heterocycles. The first kappa shape index (κ1) is 35.7. The van der Waals surface area contributed by atoms with E-state index < -0.39 is 23.9 Å². The standard InChI is InChI=1S/C30H51N5O6/c1-3-5-6-7-8-9-10-11-12-13-21-32-27(37)18-15-22-41-25-17-14-16-24(23-25)33-29(30(39)35(40)4-2)34-28(38)20-19-26(31)36/h14,16-17,23,29,33,40H,3-13,15,18-22H2,1-2H3,(H2,31,36)(H,32,37)(H,34,38). The summed E-state index contributed by atoms with van der Waals surface area (Å²) in [6.07, 6.45) is 11.9. The molecule has 6 N–H and O–H groups in total. The predicted molar refractivity (Wildman–Crippen MR) is 159 cm³/mol. The molecule has 0 bridgehead atoms. The van der Waals surface area contributed by atoms with Crippen molar-refractivity contribution in [1.82, 2.24) is 15.7 Å². The number of benzene rings is 1. The van der Waals surface area contributed by atoms with Gasteiger partial charge in [0.2, 0.25) is 17.7 Å². The van der Waals surface area contributed by atoms with Crippen molar-refractivity contribution in [1.29, 1.82) is 0 Å². The average molecular weight is 578 g/mol. The van der Waals surface area contributed by atoms with Crippen LogP contribution in [0.25, 0.3) is 0 Å². The van der Waals surface area contributed by atoms with E-state index in [0.29, 0.717) is 42.5 Å². The molecule has 232 valence electrons. The Hall–Kier alpha value is -3.34. The Morgan fingerprint density at radius 1 is 0.878 bits per heavy atom. The number of likely N-dealkylation sites (N-methyl/N-ethyl adjacent to an activating group) is 1. The van der Waals surface area contributed by atoms with Gasteiger partial charge in [0.05, 0.1) is 6.61 Å². The van der Waals surface area contributed by atoms with Crippen LogP contribution in [-0.2, 0) is 19.2 Å². The number of carbonyl (C=O) groups is 4. The second-order valence-electron chi connectivity index (χ2n) is 10.2. The number of carbonyl (C=O) groups excluding carboxylic acids is 4. The van der Waals surface area contributed by atoms with Gasteiger partial charge < -0.3 is 26.4 Å². The van der Waals surface area contributed by atoms with Crippen LogP contribution in [0.5, 0.6) is 5.75 Å². The fourth-order valence-corrected chi connectivity index (χ4v) is 4.13. The number of hydrogen-bond donors (Lipinski definition) is 5. The van der Waals surface area contributed by atoms with Crippen molar-refractivity contribution in [2.75, 3.05) is 25.0 Å². The number of rotatable bonds is 24. The number of ether oxygens (including phenoxy) is 1. The Morgan fingerprint density at radius 3 is 2.17 bits per heavy atom. The molecule has 41 heavy (non-hydrogen) atoms. The summed E-state index contributed by atoms with van der Waals surface area (Å²) in [6.45, 7) is 4.87. The molecule has 11 heteroatoms. The van der Waals surface area contributed by atoms with Crippen LogP contribution in [-0.4, -0.2) is 59.8 Å². The minimum Gasteiger partial charge on any atom is -0.494 e. The van der Waals surface area contributed by atoms with E-state index in [9.17, 15) is 24.4 Å². The number of primary amides is 1. The van der Waals surface area contributed by atoms with E-state index in [2.05, 4.69) is 22.9 Å². The topological polar surface area (TPSA) is 163 Å². The Labute approximate surface area is 244 Å². The molecule has 0 spiro atoms. The Balaban J connectivity index is 2.35. The maximum atomic E-state index is 12.5. The minimum atomic E-state index is -1.27. The summed E-state index contributed by atoms with van der Waals surface area (Å²) in [4.78, 5) is 47.8. The van der Waals surface area contributed by atoms with E-state index in [-0.39, 0.29) is 25.3 Å². The maximum Gasteiger partial charge on any atom is 0.289 e. The van der Waals surface area contributed by atoms with Gasteiger partial charge >= 0.3 is 0 Å². The molecule has 1 aromatic rings. The third-order valence-electron chi connectivity index (χ3n) is 6.52. The molecule has 1 rings (SSSR count). The Bertz CT molecular complexity index is 913. The Morgan fingerprint density at radius 2 is 1.54 bits per heavy atom. The predicted octanol–water partition coefficient (Wildman–Crippen LogP) is 4.24. The molecule has 0 aliphatic rings. The molecule has 0 radical (unpaired) electrons. The van der Waals surface area contributed by atoms with Crippen molar-refractivity contribution in [3.8, 4) is 5.75 Å². The lowest BCUT2D eigenvalue weighted by molar-refractivity contribution is -0.166. The first-order valence-electron chi connectivity index (χ1n) is 15.1. The molecule has 1 aromatic carbocycles. The van der Waals surface area contributed by atoms with Gasteiger partial charge in [-0.15, -0.1) is 0 Å². The second kappa shape index (κ2) is 22.4. The minimum absolute atomic E-state index is 0.0119. The van der Waals surface area contributed by atoms with Crippen LogP contribution in [0, 0.1) is 0 Å². The van der Waals surface area contributed by atoms with Crippen LogP contribution < -0.4 is 26.4 Å². The van der Waals surface area contributed by atoms with E-state index in [1.54, 1.807) is 31.2 Å². The molecule has 1 atom stereocenters. The van der Waals surface area contributed by atoms with Crippen molar-refractivity contribution in [3.05, 3.63) is 24.3 Å². The molecular weight excluding hydrogens is 526 g/mol. The molecule has 4 amide bonds. The number of nitrogens with zero attached hydrogens (tertiary/aromatic N) is 1. The van der Waals surface area contributed by atoms with Gasteiger partial charge in [0.15, 0.2) is 6.17 Å². The number of nitrogens with one attached hydrogen (secondary N) is 3. The lowest BCUT2D eigenvalue weighted by atomic mass is 10.1. The van der Waals surface area contributed by atoms with E-state index >= 15 is 0 Å². The Kier molecular flexibility index (Phi) is 19.5. The van der Waals surface area contributed by atoms with Crippen LogP contribution in [0.2, 0.25) is 0 Å². The molecule has 0 saturated heterocycles. The number of nitrogens with two attached hydrogens (primary N) is 1. The summed E-state index contributed by atoms with van der Waals surface area (Å²) in [5, 5.41) is 18.6. The molecule has 11 nitrogen and oxygen atoms in total. The monoisotopic (exact) mass is 577 g/mol.